The molecule has 0 fully saturated rings. The highest BCUT2D eigenvalue weighted by atomic mass is 32.2. The van der Waals surface area contributed by atoms with Crippen LogP contribution in [0, 0.1) is 0 Å². The Kier molecular flexibility index (Phi) is 3.56. The summed E-state index contributed by atoms with van der Waals surface area (Å²) in [7, 11) is -3.52. The standard InChI is InChI=1S/C15H13N3O3S/c19-15(16-12-6-2-1-3-7-12)17-13-8-4-5-11-9-10-22(20,21)18-14(11)13/h1-10,18H,(H2,16,17,19). The number of hydrogen-bond donors (Lipinski definition) is 3. The van der Waals surface area contributed by atoms with E-state index in [1.165, 1.54) is 6.08 Å². The summed E-state index contributed by atoms with van der Waals surface area (Å²) < 4.78 is 25.6. The molecule has 2 aromatic carbocycles. The van der Waals surface area contributed by atoms with Crippen molar-refractivity contribution in [3.8, 4) is 0 Å². The van der Waals surface area contributed by atoms with Crippen molar-refractivity contribution in [1.82, 2.24) is 0 Å². The first kappa shape index (κ1) is 14.2. The molecular weight excluding hydrogens is 302 g/mol. The van der Waals surface area contributed by atoms with Gasteiger partial charge in [-0.25, -0.2) is 13.2 Å². The van der Waals surface area contributed by atoms with E-state index in [1.807, 2.05) is 6.07 Å². The summed E-state index contributed by atoms with van der Waals surface area (Å²) in [4.78, 5) is 12.0. The lowest BCUT2D eigenvalue weighted by molar-refractivity contribution is 0.262. The molecule has 3 rings (SSSR count). The van der Waals surface area contributed by atoms with E-state index in [-0.39, 0.29) is 0 Å². The number of hydrogen-bond acceptors (Lipinski definition) is 3. The van der Waals surface area contributed by atoms with Crippen LogP contribution in [-0.4, -0.2) is 14.4 Å². The number of para-hydroxylation sites is 2. The van der Waals surface area contributed by atoms with Crippen molar-refractivity contribution in [2.24, 2.45) is 0 Å². The number of rotatable bonds is 2. The molecule has 3 N–H and O–H groups in total. The lowest BCUT2D eigenvalue weighted by Crippen LogP contribution is -2.22. The molecule has 22 heavy (non-hydrogen) atoms. The number of carbonyl (C=O) groups is 1. The van der Waals surface area contributed by atoms with Gasteiger partial charge in [0, 0.05) is 11.3 Å². The maximum Gasteiger partial charge on any atom is 0.323 e. The fourth-order valence-corrected chi connectivity index (χ4v) is 2.98. The number of urea groups is 1. The van der Waals surface area contributed by atoms with Crippen molar-refractivity contribution < 1.29 is 13.2 Å². The zero-order chi connectivity index (χ0) is 15.6. The Balaban J connectivity index is 1.82. The third-order valence-electron chi connectivity index (χ3n) is 3.05. The molecule has 1 aliphatic heterocycles. The number of benzene rings is 2. The molecule has 0 aliphatic carbocycles. The molecule has 0 atom stereocenters. The second-order valence-electron chi connectivity index (χ2n) is 4.66. The topological polar surface area (TPSA) is 87.3 Å². The van der Waals surface area contributed by atoms with E-state index in [2.05, 4.69) is 15.4 Å². The van der Waals surface area contributed by atoms with Crippen LogP contribution in [0.25, 0.3) is 6.08 Å². The van der Waals surface area contributed by atoms with Crippen molar-refractivity contribution in [2.75, 3.05) is 15.4 Å². The summed E-state index contributed by atoms with van der Waals surface area (Å²) in [6.45, 7) is 0. The predicted molar refractivity (Wildman–Crippen MR) is 87.1 cm³/mol. The first-order chi connectivity index (χ1) is 10.5. The number of nitrogens with one attached hydrogen (secondary N) is 3. The molecule has 0 radical (unpaired) electrons. The molecule has 0 aromatic heterocycles. The minimum atomic E-state index is -3.52. The summed E-state index contributed by atoms with van der Waals surface area (Å²) in [6, 6.07) is 13.6. The van der Waals surface area contributed by atoms with Crippen LogP contribution in [0.1, 0.15) is 5.56 Å². The Morgan fingerprint density at radius 3 is 2.50 bits per heavy atom. The lowest BCUT2D eigenvalue weighted by Gasteiger charge is -2.18. The van der Waals surface area contributed by atoms with Crippen LogP contribution < -0.4 is 15.4 Å². The van der Waals surface area contributed by atoms with Gasteiger partial charge in [-0.15, -0.1) is 0 Å². The smallest absolute Gasteiger partial charge is 0.308 e. The van der Waals surface area contributed by atoms with Crippen molar-refractivity contribution >= 4 is 39.2 Å². The summed E-state index contributed by atoms with van der Waals surface area (Å²) >= 11 is 0. The van der Waals surface area contributed by atoms with E-state index in [9.17, 15) is 13.2 Å². The Hall–Kier alpha value is -2.80. The highest BCUT2D eigenvalue weighted by molar-refractivity contribution is 7.95. The van der Waals surface area contributed by atoms with Gasteiger partial charge in [0.2, 0.25) is 0 Å². The Labute approximate surface area is 127 Å². The van der Waals surface area contributed by atoms with Gasteiger partial charge in [0.15, 0.2) is 0 Å². The van der Waals surface area contributed by atoms with E-state index in [0.717, 1.165) is 5.41 Å². The number of sulfonamides is 1. The average molecular weight is 315 g/mol. The van der Waals surface area contributed by atoms with Crippen LogP contribution in [0.3, 0.4) is 0 Å². The van der Waals surface area contributed by atoms with Gasteiger partial charge in [-0.1, -0.05) is 30.3 Å². The molecule has 6 nitrogen and oxygen atoms in total. The molecule has 2 amide bonds. The molecule has 7 heteroatoms. The zero-order valence-electron chi connectivity index (χ0n) is 11.4. The number of carbonyl (C=O) groups excluding carboxylic acids is 1. The van der Waals surface area contributed by atoms with E-state index in [0.29, 0.717) is 22.6 Å². The van der Waals surface area contributed by atoms with Gasteiger partial charge in [-0.3, -0.25) is 4.72 Å². The average Bonchev–Trinajstić information content (AvgIpc) is 2.48. The second-order valence-corrected chi connectivity index (χ2v) is 6.23. The third kappa shape index (κ3) is 3.09. The number of anilines is 3. The maximum absolute atomic E-state index is 12.0. The van der Waals surface area contributed by atoms with Crippen molar-refractivity contribution in [3.05, 3.63) is 59.5 Å². The minimum absolute atomic E-state index is 0.355. The van der Waals surface area contributed by atoms with E-state index < -0.39 is 16.1 Å². The van der Waals surface area contributed by atoms with Crippen LogP contribution in [0.15, 0.2) is 53.9 Å². The maximum atomic E-state index is 12.0. The summed E-state index contributed by atoms with van der Waals surface area (Å²) in [5.74, 6) is 0. The SMILES string of the molecule is O=C(Nc1ccccc1)Nc1cccc2c1NS(=O)(=O)C=C2. The third-order valence-corrected chi connectivity index (χ3v) is 4.03. The van der Waals surface area contributed by atoms with E-state index >= 15 is 0 Å². The molecule has 0 spiro atoms. The fourth-order valence-electron chi connectivity index (χ4n) is 2.07. The summed E-state index contributed by atoms with van der Waals surface area (Å²) in [6.07, 6.45) is 1.49. The van der Waals surface area contributed by atoms with Gasteiger partial charge in [0.05, 0.1) is 16.8 Å². The van der Waals surface area contributed by atoms with Crippen LogP contribution in [0.4, 0.5) is 21.9 Å². The Morgan fingerprint density at radius 1 is 0.955 bits per heavy atom. The number of amides is 2. The molecule has 1 heterocycles. The van der Waals surface area contributed by atoms with E-state index in [1.54, 1.807) is 42.5 Å². The summed E-state index contributed by atoms with van der Waals surface area (Å²) in [5.41, 5.74) is 2.07. The van der Waals surface area contributed by atoms with Gasteiger partial charge in [-0.2, -0.15) is 0 Å². The fraction of sp³-hybridized carbons (Fsp3) is 0. The normalized spacial score (nSPS) is 14.5. The quantitative estimate of drug-likeness (QED) is 0.796. The second kappa shape index (κ2) is 5.53. The van der Waals surface area contributed by atoms with Crippen molar-refractivity contribution in [2.45, 2.75) is 0 Å². The molecule has 0 bridgehead atoms. The first-order valence-electron chi connectivity index (χ1n) is 6.50. The van der Waals surface area contributed by atoms with Crippen molar-refractivity contribution in [3.63, 3.8) is 0 Å². The number of fused-ring (bicyclic) bond motifs is 1. The van der Waals surface area contributed by atoms with Crippen LogP contribution in [-0.2, 0) is 10.0 Å². The monoisotopic (exact) mass is 315 g/mol. The van der Waals surface area contributed by atoms with Gasteiger partial charge >= 0.3 is 6.03 Å². The van der Waals surface area contributed by atoms with Crippen molar-refractivity contribution in [1.29, 1.82) is 0 Å². The van der Waals surface area contributed by atoms with Crippen LogP contribution >= 0.6 is 0 Å². The molecule has 112 valence electrons. The predicted octanol–water partition coefficient (Wildman–Crippen LogP) is 3.06. The minimum Gasteiger partial charge on any atom is -0.308 e. The lowest BCUT2D eigenvalue weighted by atomic mass is 10.1. The molecule has 0 saturated heterocycles. The molecular formula is C15H13N3O3S. The first-order valence-corrected chi connectivity index (χ1v) is 8.05. The molecule has 0 saturated carbocycles. The Bertz CT molecular complexity index is 846. The van der Waals surface area contributed by atoms with Gasteiger partial charge in [0.25, 0.3) is 10.0 Å². The van der Waals surface area contributed by atoms with Gasteiger partial charge in [-0.05, 0) is 24.3 Å². The Morgan fingerprint density at radius 2 is 1.73 bits per heavy atom. The van der Waals surface area contributed by atoms with Gasteiger partial charge in [0.1, 0.15) is 0 Å². The molecule has 2 aromatic rings. The zero-order valence-corrected chi connectivity index (χ0v) is 12.2. The van der Waals surface area contributed by atoms with Crippen LogP contribution in [0.5, 0.6) is 0 Å². The van der Waals surface area contributed by atoms with Crippen LogP contribution in [0.2, 0.25) is 0 Å². The van der Waals surface area contributed by atoms with Gasteiger partial charge < -0.3 is 10.6 Å². The molecule has 1 aliphatic rings. The van der Waals surface area contributed by atoms with E-state index in [4.69, 9.17) is 0 Å². The summed E-state index contributed by atoms with van der Waals surface area (Å²) in [5, 5.41) is 6.40. The highest BCUT2D eigenvalue weighted by Gasteiger charge is 2.18. The largest absolute Gasteiger partial charge is 0.323 e. The molecule has 0 unspecified atom stereocenters. The highest BCUT2D eigenvalue weighted by Crippen LogP contribution is 2.31.